The molecule has 0 saturated heterocycles. The highest BCUT2D eigenvalue weighted by Crippen LogP contribution is 2.27. The Labute approximate surface area is 124 Å². The molecule has 0 saturated carbocycles. The number of hydrogen-bond acceptors (Lipinski definition) is 3. The lowest BCUT2D eigenvalue weighted by Crippen LogP contribution is -2.08. The zero-order valence-electron chi connectivity index (χ0n) is 12.2. The summed E-state index contributed by atoms with van der Waals surface area (Å²) in [6, 6.07) is 5.97. The molecule has 1 aromatic carbocycles. The fourth-order valence-electron chi connectivity index (χ4n) is 2.17. The average Bonchev–Trinajstić information content (AvgIpc) is 2.78. The molecule has 0 unspecified atom stereocenters. The first-order valence-electron chi connectivity index (χ1n) is 6.95. The minimum Gasteiger partial charge on any atom is -0.489 e. The van der Waals surface area contributed by atoms with Crippen molar-refractivity contribution in [2.75, 3.05) is 13.2 Å². The highest BCUT2D eigenvalue weighted by molar-refractivity contribution is 6.16. The molecule has 0 aliphatic carbocycles. The maximum atomic E-state index is 6.01. The number of benzene rings is 1. The van der Waals surface area contributed by atoms with E-state index < -0.39 is 0 Å². The Morgan fingerprint density at radius 3 is 2.80 bits per heavy atom. The number of ether oxygens (including phenoxy) is 2. The third kappa shape index (κ3) is 3.25. The van der Waals surface area contributed by atoms with E-state index in [0.29, 0.717) is 19.1 Å². The molecule has 110 valence electrons. The zero-order chi connectivity index (χ0) is 14.5. The SMILES string of the molecule is CCOCCn1c(CCl)nc2c(OC(C)C)cccc21. The Morgan fingerprint density at radius 1 is 1.35 bits per heavy atom. The van der Waals surface area contributed by atoms with E-state index in [-0.39, 0.29) is 6.10 Å². The van der Waals surface area contributed by atoms with Gasteiger partial charge in [0.15, 0.2) is 0 Å². The fraction of sp³-hybridized carbons (Fsp3) is 0.533. The lowest BCUT2D eigenvalue weighted by molar-refractivity contribution is 0.139. The number of halogens is 1. The van der Waals surface area contributed by atoms with Crippen LogP contribution >= 0.6 is 11.6 Å². The topological polar surface area (TPSA) is 36.3 Å². The van der Waals surface area contributed by atoms with Crippen molar-refractivity contribution in [2.45, 2.75) is 39.3 Å². The molecule has 0 aliphatic heterocycles. The van der Waals surface area contributed by atoms with Crippen LogP contribution in [0.4, 0.5) is 0 Å². The van der Waals surface area contributed by atoms with Crippen molar-refractivity contribution in [2.24, 2.45) is 0 Å². The van der Waals surface area contributed by atoms with E-state index in [2.05, 4.69) is 9.55 Å². The molecule has 2 rings (SSSR count). The fourth-order valence-corrected chi connectivity index (χ4v) is 2.37. The van der Waals surface area contributed by atoms with Gasteiger partial charge in [0.2, 0.25) is 0 Å². The van der Waals surface area contributed by atoms with Crippen LogP contribution in [0.15, 0.2) is 18.2 Å². The van der Waals surface area contributed by atoms with Gasteiger partial charge in [0.25, 0.3) is 0 Å². The summed E-state index contributed by atoms with van der Waals surface area (Å²) >= 11 is 6.01. The molecule has 1 aromatic heterocycles. The highest BCUT2D eigenvalue weighted by Gasteiger charge is 2.14. The van der Waals surface area contributed by atoms with Crippen LogP contribution in [-0.2, 0) is 17.2 Å². The maximum Gasteiger partial charge on any atom is 0.147 e. The van der Waals surface area contributed by atoms with Crippen LogP contribution in [0.2, 0.25) is 0 Å². The minimum atomic E-state index is 0.119. The van der Waals surface area contributed by atoms with Crippen LogP contribution in [0.25, 0.3) is 11.0 Å². The van der Waals surface area contributed by atoms with Crippen molar-refractivity contribution in [1.82, 2.24) is 9.55 Å². The number of fused-ring (bicyclic) bond motifs is 1. The van der Waals surface area contributed by atoms with Gasteiger partial charge >= 0.3 is 0 Å². The standard InChI is InChI=1S/C15H21ClN2O2/c1-4-19-9-8-18-12-6-5-7-13(20-11(2)3)15(12)17-14(18)10-16/h5-7,11H,4,8-10H2,1-3H3. The van der Waals surface area contributed by atoms with Gasteiger partial charge in [-0.2, -0.15) is 0 Å². The Bertz CT molecular complexity index is 566. The van der Waals surface area contributed by atoms with Crippen molar-refractivity contribution in [3.63, 3.8) is 0 Å². The first-order chi connectivity index (χ1) is 9.67. The Morgan fingerprint density at radius 2 is 2.15 bits per heavy atom. The van der Waals surface area contributed by atoms with Gasteiger partial charge in [-0.25, -0.2) is 4.98 Å². The van der Waals surface area contributed by atoms with Crippen molar-refractivity contribution < 1.29 is 9.47 Å². The van der Waals surface area contributed by atoms with E-state index in [4.69, 9.17) is 21.1 Å². The summed E-state index contributed by atoms with van der Waals surface area (Å²) in [5.41, 5.74) is 1.91. The molecule has 0 aliphatic rings. The van der Waals surface area contributed by atoms with Gasteiger partial charge in [-0.15, -0.1) is 11.6 Å². The molecule has 4 nitrogen and oxygen atoms in total. The quantitative estimate of drug-likeness (QED) is 0.578. The van der Waals surface area contributed by atoms with E-state index in [1.165, 1.54) is 0 Å². The second-order valence-electron chi connectivity index (χ2n) is 4.80. The van der Waals surface area contributed by atoms with Crippen LogP contribution in [0, 0.1) is 0 Å². The van der Waals surface area contributed by atoms with Crippen molar-refractivity contribution in [3.8, 4) is 5.75 Å². The molecule has 5 heteroatoms. The third-order valence-electron chi connectivity index (χ3n) is 2.97. The maximum absolute atomic E-state index is 6.01. The molecule has 0 atom stereocenters. The summed E-state index contributed by atoms with van der Waals surface area (Å²) in [6.45, 7) is 8.12. The molecule has 0 amide bonds. The molecule has 0 bridgehead atoms. The molecule has 0 N–H and O–H groups in total. The van der Waals surface area contributed by atoms with Crippen molar-refractivity contribution >= 4 is 22.6 Å². The smallest absolute Gasteiger partial charge is 0.147 e. The number of para-hydroxylation sites is 1. The van der Waals surface area contributed by atoms with E-state index in [1.54, 1.807) is 0 Å². The van der Waals surface area contributed by atoms with Gasteiger partial charge in [-0.1, -0.05) is 6.07 Å². The van der Waals surface area contributed by atoms with E-state index in [0.717, 1.165) is 29.2 Å². The first kappa shape index (κ1) is 15.1. The van der Waals surface area contributed by atoms with Gasteiger partial charge in [0, 0.05) is 13.2 Å². The van der Waals surface area contributed by atoms with Crippen LogP contribution in [-0.4, -0.2) is 28.9 Å². The predicted molar refractivity (Wildman–Crippen MR) is 81.5 cm³/mol. The lowest BCUT2D eigenvalue weighted by atomic mass is 10.3. The molecule has 0 radical (unpaired) electrons. The third-order valence-corrected chi connectivity index (χ3v) is 3.21. The normalized spacial score (nSPS) is 11.4. The Balaban J connectivity index is 2.40. The molecular weight excluding hydrogens is 276 g/mol. The summed E-state index contributed by atoms with van der Waals surface area (Å²) in [6.07, 6.45) is 0.119. The average molecular weight is 297 g/mol. The molecule has 0 spiro atoms. The van der Waals surface area contributed by atoms with Gasteiger partial charge in [-0.3, -0.25) is 0 Å². The van der Waals surface area contributed by atoms with Crippen LogP contribution < -0.4 is 4.74 Å². The summed E-state index contributed by atoms with van der Waals surface area (Å²) < 4.78 is 13.3. The highest BCUT2D eigenvalue weighted by atomic mass is 35.5. The second kappa shape index (κ2) is 6.95. The van der Waals surface area contributed by atoms with Gasteiger partial charge < -0.3 is 14.0 Å². The van der Waals surface area contributed by atoms with E-state index >= 15 is 0 Å². The first-order valence-corrected chi connectivity index (χ1v) is 7.49. The number of imidazole rings is 1. The number of alkyl halides is 1. The van der Waals surface area contributed by atoms with Gasteiger partial charge in [0.05, 0.1) is 24.1 Å². The minimum absolute atomic E-state index is 0.119. The molecule has 0 fully saturated rings. The van der Waals surface area contributed by atoms with Gasteiger partial charge in [-0.05, 0) is 32.9 Å². The number of nitrogens with zero attached hydrogens (tertiary/aromatic N) is 2. The summed E-state index contributed by atoms with van der Waals surface area (Å²) in [4.78, 5) is 4.61. The number of aromatic nitrogens is 2. The summed E-state index contributed by atoms with van der Waals surface area (Å²) in [5.74, 6) is 2.03. The molecule has 20 heavy (non-hydrogen) atoms. The van der Waals surface area contributed by atoms with Crippen LogP contribution in [0.5, 0.6) is 5.75 Å². The zero-order valence-corrected chi connectivity index (χ0v) is 13.0. The van der Waals surface area contributed by atoms with E-state index in [1.807, 2.05) is 39.0 Å². The Kier molecular flexibility index (Phi) is 5.26. The largest absolute Gasteiger partial charge is 0.489 e. The lowest BCUT2D eigenvalue weighted by Gasteiger charge is -2.10. The second-order valence-corrected chi connectivity index (χ2v) is 5.07. The predicted octanol–water partition coefficient (Wildman–Crippen LogP) is 3.60. The Hall–Kier alpha value is -1.26. The van der Waals surface area contributed by atoms with Crippen LogP contribution in [0.1, 0.15) is 26.6 Å². The van der Waals surface area contributed by atoms with E-state index in [9.17, 15) is 0 Å². The number of rotatable bonds is 7. The molecule has 1 heterocycles. The number of hydrogen-bond donors (Lipinski definition) is 0. The summed E-state index contributed by atoms with van der Waals surface area (Å²) in [7, 11) is 0. The van der Waals surface area contributed by atoms with Gasteiger partial charge in [0.1, 0.15) is 17.1 Å². The van der Waals surface area contributed by atoms with Crippen molar-refractivity contribution in [3.05, 3.63) is 24.0 Å². The molecular formula is C15H21ClN2O2. The monoisotopic (exact) mass is 296 g/mol. The van der Waals surface area contributed by atoms with Crippen LogP contribution in [0.3, 0.4) is 0 Å². The molecule has 2 aromatic rings. The summed E-state index contributed by atoms with van der Waals surface area (Å²) in [5, 5.41) is 0. The van der Waals surface area contributed by atoms with Crippen molar-refractivity contribution in [1.29, 1.82) is 0 Å².